The van der Waals surface area contributed by atoms with E-state index >= 15 is 0 Å². The molecule has 0 amide bonds. The van der Waals surface area contributed by atoms with Crippen LogP contribution in [0, 0.1) is 11.3 Å². The van der Waals surface area contributed by atoms with Crippen molar-refractivity contribution in [1.29, 1.82) is 5.26 Å². The Labute approximate surface area is 93.0 Å². The molecule has 0 saturated heterocycles. The Morgan fingerprint density at radius 3 is 2.43 bits per heavy atom. The quantitative estimate of drug-likeness (QED) is 0.513. The molecule has 0 aliphatic carbocycles. The van der Waals surface area contributed by atoms with E-state index in [0.717, 1.165) is 0 Å². The molecule has 0 bridgehead atoms. The summed E-state index contributed by atoms with van der Waals surface area (Å²) in [7, 11) is 0. The summed E-state index contributed by atoms with van der Waals surface area (Å²) in [6.07, 6.45) is 0.453. The third-order valence-corrected chi connectivity index (χ3v) is 1.56. The predicted molar refractivity (Wildman–Crippen MR) is 58.6 cm³/mol. The second-order valence-electron chi connectivity index (χ2n) is 2.27. The number of aliphatic hydroxyl groups is 1. The molecule has 0 heterocycles. The topological polar surface area (TPSA) is 64.2 Å². The van der Waals surface area contributed by atoms with Gasteiger partial charge in [-0.05, 0) is 30.0 Å². The normalized spacial score (nSPS) is 10.8. The summed E-state index contributed by atoms with van der Waals surface area (Å²) in [5, 5.41) is 26.7. The van der Waals surface area contributed by atoms with Crippen LogP contribution in [-0.2, 0) is 0 Å². The van der Waals surface area contributed by atoms with Crippen LogP contribution in [0.25, 0.3) is 0 Å². The summed E-state index contributed by atoms with van der Waals surface area (Å²) in [4.78, 5) is 0. The van der Waals surface area contributed by atoms with E-state index < -0.39 is 6.10 Å². The lowest BCUT2D eigenvalue weighted by Crippen LogP contribution is -1.92. The monoisotopic (exact) mass is 231 g/mol. The predicted octanol–water partition coefficient (Wildman–Crippen LogP) is 2.15. The molecule has 3 nitrogen and oxygen atoms in total. The van der Waals surface area contributed by atoms with Crippen LogP contribution in [0.2, 0.25) is 5.02 Å². The Kier molecular flexibility index (Phi) is 6.13. The van der Waals surface area contributed by atoms with Crippen molar-refractivity contribution in [2.75, 3.05) is 6.26 Å². The van der Waals surface area contributed by atoms with E-state index in [0.29, 0.717) is 10.6 Å². The van der Waals surface area contributed by atoms with Gasteiger partial charge in [0.15, 0.2) is 6.10 Å². The zero-order valence-corrected chi connectivity index (χ0v) is 9.13. The van der Waals surface area contributed by atoms with E-state index in [1.807, 2.05) is 0 Å². The van der Waals surface area contributed by atoms with Gasteiger partial charge in [-0.1, -0.05) is 11.6 Å². The summed E-state index contributed by atoms with van der Waals surface area (Å²) < 4.78 is 0. The second-order valence-corrected chi connectivity index (χ2v) is 2.71. The van der Waals surface area contributed by atoms with Crippen molar-refractivity contribution in [3.8, 4) is 11.8 Å². The average molecular weight is 232 g/mol. The highest BCUT2D eigenvalue weighted by Gasteiger charge is 2.07. The molecule has 1 aromatic rings. The van der Waals surface area contributed by atoms with Gasteiger partial charge in [-0.25, -0.2) is 0 Å². The molecule has 76 valence electrons. The summed E-state index contributed by atoms with van der Waals surface area (Å²) in [6, 6.07) is 5.67. The largest absolute Gasteiger partial charge is 0.508 e. The van der Waals surface area contributed by atoms with E-state index in [1.54, 1.807) is 12.3 Å². The Morgan fingerprint density at radius 1 is 1.43 bits per heavy atom. The highest BCUT2D eigenvalue weighted by atomic mass is 35.5. The molecule has 0 aliphatic heterocycles. The van der Waals surface area contributed by atoms with Crippen LogP contribution in [0.4, 0.5) is 0 Å². The fourth-order valence-electron chi connectivity index (χ4n) is 0.829. The maximum absolute atomic E-state index is 9.05. The summed E-state index contributed by atoms with van der Waals surface area (Å²) in [5.74, 6) is -0.0631. The van der Waals surface area contributed by atoms with Gasteiger partial charge in [0, 0.05) is 5.02 Å². The van der Waals surface area contributed by atoms with Crippen molar-refractivity contribution < 1.29 is 10.2 Å². The number of hydrogen-bond acceptors (Lipinski definition) is 4. The molecule has 0 fully saturated rings. The lowest BCUT2D eigenvalue weighted by Gasteiger charge is -2.02. The number of thiol groups is 1. The number of aliphatic hydroxyl groups excluding tert-OH is 1. The third-order valence-electron chi connectivity index (χ3n) is 1.34. The molecule has 0 saturated carbocycles. The number of benzene rings is 1. The smallest absolute Gasteiger partial charge is 0.166 e. The van der Waals surface area contributed by atoms with Crippen molar-refractivity contribution in [3.63, 3.8) is 0 Å². The van der Waals surface area contributed by atoms with Crippen LogP contribution in [0.15, 0.2) is 18.2 Å². The lowest BCUT2D eigenvalue weighted by molar-refractivity contribution is 0.235. The number of phenols is 1. The summed E-state index contributed by atoms with van der Waals surface area (Å²) >= 11 is 9.10. The number of nitrogens with zero attached hydrogens (tertiary/aromatic N) is 1. The molecule has 1 atom stereocenters. The number of rotatable bonds is 1. The first-order valence-corrected chi connectivity index (χ1v) is 4.92. The molecule has 1 unspecified atom stereocenters. The van der Waals surface area contributed by atoms with Crippen molar-refractivity contribution in [1.82, 2.24) is 0 Å². The molecule has 5 heteroatoms. The van der Waals surface area contributed by atoms with Crippen LogP contribution < -0.4 is 0 Å². The number of hydrogen-bond donors (Lipinski definition) is 3. The molecule has 0 radical (unpaired) electrons. The minimum absolute atomic E-state index is 0.0631. The van der Waals surface area contributed by atoms with E-state index in [-0.39, 0.29) is 5.75 Å². The van der Waals surface area contributed by atoms with Gasteiger partial charge in [-0.3, -0.25) is 0 Å². The van der Waals surface area contributed by atoms with E-state index in [2.05, 4.69) is 12.6 Å². The summed E-state index contributed by atoms with van der Waals surface area (Å²) in [6.45, 7) is 0. The molecule has 0 spiro atoms. The number of halogens is 1. The maximum atomic E-state index is 9.05. The fourth-order valence-corrected chi connectivity index (χ4v) is 1.07. The minimum Gasteiger partial charge on any atom is -0.508 e. The molecule has 1 aromatic carbocycles. The fraction of sp³-hybridized carbons (Fsp3) is 0.222. The van der Waals surface area contributed by atoms with Crippen LogP contribution in [-0.4, -0.2) is 16.5 Å². The molecule has 14 heavy (non-hydrogen) atoms. The Hall–Kier alpha value is -0.890. The van der Waals surface area contributed by atoms with Crippen molar-refractivity contribution in [2.45, 2.75) is 6.10 Å². The molecule has 0 aliphatic rings. The molecule has 0 aromatic heterocycles. The Balaban J connectivity index is 0.000000791. The van der Waals surface area contributed by atoms with Gasteiger partial charge in [-0.2, -0.15) is 17.9 Å². The molecular weight excluding hydrogens is 222 g/mol. The number of phenolic OH excluding ortho intramolecular Hbond substituents is 1. The zero-order valence-electron chi connectivity index (χ0n) is 7.48. The van der Waals surface area contributed by atoms with Gasteiger partial charge < -0.3 is 10.2 Å². The van der Waals surface area contributed by atoms with Gasteiger partial charge in [0.25, 0.3) is 0 Å². The first kappa shape index (κ1) is 13.1. The maximum Gasteiger partial charge on any atom is 0.166 e. The Bertz CT molecular complexity index is 318. The number of aromatic hydroxyl groups is 1. The van der Waals surface area contributed by atoms with Crippen molar-refractivity contribution >= 4 is 24.2 Å². The van der Waals surface area contributed by atoms with Crippen LogP contribution in [0.1, 0.15) is 11.7 Å². The lowest BCUT2D eigenvalue weighted by atomic mass is 10.1. The zero-order chi connectivity index (χ0) is 11.1. The second kappa shape index (κ2) is 6.55. The van der Waals surface area contributed by atoms with E-state index in [4.69, 9.17) is 27.1 Å². The molecule has 1 rings (SSSR count). The SMILES string of the molecule is CS.N#CC(O)c1cc(O)cc(Cl)c1. The van der Waals surface area contributed by atoms with E-state index in [1.165, 1.54) is 18.2 Å². The minimum atomic E-state index is -1.24. The number of nitriles is 1. The average Bonchev–Trinajstić information content (AvgIpc) is 2.18. The molecular formula is C9H10ClNO2S. The van der Waals surface area contributed by atoms with Gasteiger partial charge in [0.05, 0.1) is 6.07 Å². The highest BCUT2D eigenvalue weighted by Crippen LogP contribution is 2.23. The standard InChI is InChI=1S/C8H6ClNO2.CH4S/c9-6-1-5(8(12)4-10)2-7(11)3-6;1-2/h1-3,8,11-12H;2H,1H3. The Morgan fingerprint density at radius 2 is 2.00 bits per heavy atom. The molecule has 2 N–H and O–H groups in total. The van der Waals surface area contributed by atoms with E-state index in [9.17, 15) is 0 Å². The first-order chi connectivity index (χ1) is 6.63. The van der Waals surface area contributed by atoms with Crippen LogP contribution >= 0.6 is 24.2 Å². The first-order valence-electron chi connectivity index (χ1n) is 3.65. The van der Waals surface area contributed by atoms with Gasteiger partial charge in [0.1, 0.15) is 5.75 Å². The van der Waals surface area contributed by atoms with Gasteiger partial charge in [-0.15, -0.1) is 0 Å². The third kappa shape index (κ3) is 3.88. The summed E-state index contributed by atoms with van der Waals surface area (Å²) in [5.41, 5.74) is 0.294. The van der Waals surface area contributed by atoms with Gasteiger partial charge in [0.2, 0.25) is 0 Å². The highest BCUT2D eigenvalue weighted by molar-refractivity contribution is 7.79. The van der Waals surface area contributed by atoms with Crippen LogP contribution in [0.5, 0.6) is 5.75 Å². The van der Waals surface area contributed by atoms with Crippen molar-refractivity contribution in [3.05, 3.63) is 28.8 Å². The van der Waals surface area contributed by atoms with Crippen molar-refractivity contribution in [2.24, 2.45) is 0 Å². The van der Waals surface area contributed by atoms with Crippen LogP contribution in [0.3, 0.4) is 0 Å². The van der Waals surface area contributed by atoms with Gasteiger partial charge >= 0.3 is 0 Å².